The van der Waals surface area contributed by atoms with Gasteiger partial charge in [0, 0.05) is 5.88 Å². The number of phenolic OH excluding ortho intramolecular Hbond substituents is 1. The molecule has 0 saturated carbocycles. The molecule has 0 aliphatic heterocycles. The number of halogens is 1. The molecule has 1 unspecified atom stereocenters. The third kappa shape index (κ3) is 3.12. The molecule has 1 atom stereocenters. The molecule has 1 rings (SSSR count). The molecule has 4 nitrogen and oxygen atoms in total. The second-order valence-corrected chi connectivity index (χ2v) is 3.80. The maximum Gasteiger partial charge on any atom is 0.337 e. The standard InChI is InChI=1S/C11H13ClO4/c12-5-1-2-7-6-8(3-4-9(7)13)10(14)11(15)16/h3-4,6,10,13-14H,1-2,5H2,(H,15,16). The van der Waals surface area contributed by atoms with Gasteiger partial charge in [-0.3, -0.25) is 0 Å². The first-order chi connectivity index (χ1) is 7.56. The van der Waals surface area contributed by atoms with Gasteiger partial charge in [-0.05, 0) is 36.1 Å². The van der Waals surface area contributed by atoms with E-state index in [1.165, 1.54) is 18.2 Å². The fourth-order valence-corrected chi connectivity index (χ4v) is 1.51. The SMILES string of the molecule is O=C(O)C(O)c1ccc(O)c(CCCCl)c1. The number of aliphatic hydroxyl groups excluding tert-OH is 1. The molecule has 0 radical (unpaired) electrons. The van der Waals surface area contributed by atoms with Crippen molar-refractivity contribution in [3.8, 4) is 5.75 Å². The zero-order chi connectivity index (χ0) is 12.1. The van der Waals surface area contributed by atoms with E-state index in [-0.39, 0.29) is 11.3 Å². The summed E-state index contributed by atoms with van der Waals surface area (Å²) in [6.45, 7) is 0. The minimum Gasteiger partial charge on any atom is -0.508 e. The Morgan fingerprint density at radius 3 is 2.69 bits per heavy atom. The number of aliphatic hydroxyl groups is 1. The van der Waals surface area contributed by atoms with E-state index in [2.05, 4.69) is 0 Å². The van der Waals surface area contributed by atoms with Crippen LogP contribution >= 0.6 is 11.6 Å². The van der Waals surface area contributed by atoms with Gasteiger partial charge < -0.3 is 15.3 Å². The number of aromatic hydroxyl groups is 1. The zero-order valence-corrected chi connectivity index (χ0v) is 9.31. The van der Waals surface area contributed by atoms with Gasteiger partial charge in [-0.1, -0.05) is 6.07 Å². The quantitative estimate of drug-likeness (QED) is 0.689. The summed E-state index contributed by atoms with van der Waals surface area (Å²) < 4.78 is 0. The van der Waals surface area contributed by atoms with Crippen LogP contribution in [0.4, 0.5) is 0 Å². The molecule has 0 fully saturated rings. The largest absolute Gasteiger partial charge is 0.508 e. The number of hydrogen-bond donors (Lipinski definition) is 3. The predicted octanol–water partition coefficient (Wildman–Crippen LogP) is 1.68. The van der Waals surface area contributed by atoms with Gasteiger partial charge in [-0.2, -0.15) is 0 Å². The molecule has 0 heterocycles. The van der Waals surface area contributed by atoms with Crippen molar-refractivity contribution < 1.29 is 20.1 Å². The van der Waals surface area contributed by atoms with Gasteiger partial charge in [0.05, 0.1) is 0 Å². The topological polar surface area (TPSA) is 77.8 Å². The Labute approximate surface area is 98.1 Å². The van der Waals surface area contributed by atoms with E-state index < -0.39 is 12.1 Å². The van der Waals surface area contributed by atoms with E-state index in [1.807, 2.05) is 0 Å². The first-order valence-corrected chi connectivity index (χ1v) is 5.38. The molecule has 3 N–H and O–H groups in total. The normalized spacial score (nSPS) is 12.4. The molecule has 0 aliphatic carbocycles. The number of aryl methyl sites for hydroxylation is 1. The summed E-state index contributed by atoms with van der Waals surface area (Å²) in [5, 5.41) is 27.5. The maximum atomic E-state index is 10.6. The van der Waals surface area contributed by atoms with Crippen molar-refractivity contribution in [3.05, 3.63) is 29.3 Å². The van der Waals surface area contributed by atoms with Crippen molar-refractivity contribution >= 4 is 17.6 Å². The second kappa shape index (κ2) is 5.72. The van der Waals surface area contributed by atoms with Gasteiger partial charge >= 0.3 is 5.97 Å². The lowest BCUT2D eigenvalue weighted by atomic mass is 10.0. The lowest BCUT2D eigenvalue weighted by Gasteiger charge is -2.09. The van der Waals surface area contributed by atoms with Gasteiger partial charge in [-0.25, -0.2) is 4.79 Å². The number of phenols is 1. The summed E-state index contributed by atoms with van der Waals surface area (Å²) in [4.78, 5) is 10.6. The molecule has 0 saturated heterocycles. The molecule has 0 aliphatic rings. The number of carbonyl (C=O) groups is 1. The molecule has 0 aromatic heterocycles. The highest BCUT2D eigenvalue weighted by molar-refractivity contribution is 6.17. The smallest absolute Gasteiger partial charge is 0.337 e. The molecular weight excluding hydrogens is 232 g/mol. The van der Waals surface area contributed by atoms with Crippen molar-refractivity contribution in [1.29, 1.82) is 0 Å². The summed E-state index contributed by atoms with van der Waals surface area (Å²) in [5.74, 6) is -0.758. The van der Waals surface area contributed by atoms with Crippen molar-refractivity contribution in [2.75, 3.05) is 5.88 Å². The van der Waals surface area contributed by atoms with Crippen LogP contribution in [0.5, 0.6) is 5.75 Å². The van der Waals surface area contributed by atoms with Gasteiger partial charge in [0.15, 0.2) is 6.10 Å². The molecule has 0 spiro atoms. The van der Waals surface area contributed by atoms with Crippen LogP contribution < -0.4 is 0 Å². The first kappa shape index (κ1) is 12.8. The second-order valence-electron chi connectivity index (χ2n) is 3.42. The Hall–Kier alpha value is -1.26. The highest BCUT2D eigenvalue weighted by atomic mass is 35.5. The number of alkyl halides is 1. The third-order valence-corrected chi connectivity index (χ3v) is 2.50. The summed E-state index contributed by atoms with van der Waals surface area (Å²) >= 11 is 5.53. The van der Waals surface area contributed by atoms with Crippen LogP contribution in [-0.2, 0) is 11.2 Å². The molecule has 16 heavy (non-hydrogen) atoms. The average Bonchev–Trinajstić information content (AvgIpc) is 2.27. The van der Waals surface area contributed by atoms with Crippen molar-refractivity contribution in [1.82, 2.24) is 0 Å². The Bertz CT molecular complexity index is 378. The Morgan fingerprint density at radius 2 is 2.12 bits per heavy atom. The van der Waals surface area contributed by atoms with Crippen LogP contribution in [0, 0.1) is 0 Å². The van der Waals surface area contributed by atoms with Crippen LogP contribution in [0.2, 0.25) is 0 Å². The molecule has 88 valence electrons. The minimum absolute atomic E-state index is 0.0893. The molecule has 0 bridgehead atoms. The highest BCUT2D eigenvalue weighted by Gasteiger charge is 2.16. The summed E-state index contributed by atoms with van der Waals surface area (Å²) in [5.41, 5.74) is 0.855. The lowest BCUT2D eigenvalue weighted by molar-refractivity contribution is -0.146. The van der Waals surface area contributed by atoms with Crippen LogP contribution in [0.15, 0.2) is 18.2 Å². The number of hydrogen-bond acceptors (Lipinski definition) is 3. The number of aliphatic carboxylic acids is 1. The number of rotatable bonds is 5. The van der Waals surface area contributed by atoms with Crippen LogP contribution in [-0.4, -0.2) is 27.2 Å². The molecular formula is C11H13ClO4. The Balaban J connectivity index is 2.92. The first-order valence-electron chi connectivity index (χ1n) is 4.85. The van der Waals surface area contributed by atoms with Gasteiger partial charge in [-0.15, -0.1) is 11.6 Å². The summed E-state index contributed by atoms with van der Waals surface area (Å²) in [7, 11) is 0. The molecule has 5 heteroatoms. The van der Waals surface area contributed by atoms with Gasteiger partial charge in [0.2, 0.25) is 0 Å². The van der Waals surface area contributed by atoms with Crippen LogP contribution in [0.3, 0.4) is 0 Å². The molecule has 0 amide bonds. The van der Waals surface area contributed by atoms with Crippen LogP contribution in [0.1, 0.15) is 23.7 Å². The van der Waals surface area contributed by atoms with Crippen molar-refractivity contribution in [3.63, 3.8) is 0 Å². The third-order valence-electron chi connectivity index (χ3n) is 2.23. The van der Waals surface area contributed by atoms with E-state index in [1.54, 1.807) is 0 Å². The summed E-state index contributed by atoms with van der Waals surface area (Å²) in [6, 6.07) is 4.25. The van der Waals surface area contributed by atoms with E-state index in [4.69, 9.17) is 16.7 Å². The number of carboxylic acid groups (broad SMARTS) is 1. The monoisotopic (exact) mass is 244 g/mol. The average molecular weight is 245 g/mol. The predicted molar refractivity (Wildman–Crippen MR) is 59.7 cm³/mol. The Kier molecular flexibility index (Phi) is 4.58. The molecule has 1 aromatic carbocycles. The van der Waals surface area contributed by atoms with Gasteiger partial charge in [0.1, 0.15) is 5.75 Å². The number of benzene rings is 1. The minimum atomic E-state index is -1.56. The fourth-order valence-electron chi connectivity index (χ4n) is 1.38. The fraction of sp³-hybridized carbons (Fsp3) is 0.364. The summed E-state index contributed by atoms with van der Waals surface area (Å²) in [6.07, 6.45) is -0.326. The van der Waals surface area contributed by atoms with Crippen molar-refractivity contribution in [2.24, 2.45) is 0 Å². The Morgan fingerprint density at radius 1 is 1.44 bits per heavy atom. The lowest BCUT2D eigenvalue weighted by Crippen LogP contribution is -2.10. The van der Waals surface area contributed by atoms with E-state index in [0.717, 1.165) is 0 Å². The van der Waals surface area contributed by atoms with Crippen molar-refractivity contribution in [2.45, 2.75) is 18.9 Å². The van der Waals surface area contributed by atoms with E-state index in [0.29, 0.717) is 24.3 Å². The zero-order valence-electron chi connectivity index (χ0n) is 8.56. The molecule has 1 aromatic rings. The van der Waals surface area contributed by atoms with Crippen LogP contribution in [0.25, 0.3) is 0 Å². The van der Waals surface area contributed by atoms with E-state index >= 15 is 0 Å². The van der Waals surface area contributed by atoms with E-state index in [9.17, 15) is 15.0 Å². The number of carboxylic acids is 1. The highest BCUT2D eigenvalue weighted by Crippen LogP contribution is 2.23. The van der Waals surface area contributed by atoms with Gasteiger partial charge in [0.25, 0.3) is 0 Å². The maximum absolute atomic E-state index is 10.6.